The van der Waals surface area contributed by atoms with Crippen molar-refractivity contribution in [2.75, 3.05) is 13.1 Å². The molecule has 1 heteroatoms. The second kappa shape index (κ2) is 3.60. The van der Waals surface area contributed by atoms with Gasteiger partial charge in [-0.05, 0) is 69.6 Å². The molecule has 4 saturated carbocycles. The average Bonchev–Trinajstić information content (AvgIpc) is 2.27. The standard InChI is InChI=1S/C16H25N/c1-12-3-2-4-17(11-12)16-8-13-5-14(9-16)7-15(6-13)10-16/h3,13-15H,2,4-11H2,1H3. The molecule has 0 radical (unpaired) electrons. The summed E-state index contributed by atoms with van der Waals surface area (Å²) in [6.07, 6.45) is 13.1. The van der Waals surface area contributed by atoms with E-state index in [0.717, 1.165) is 17.8 Å². The highest BCUT2D eigenvalue weighted by atomic mass is 15.2. The van der Waals surface area contributed by atoms with Gasteiger partial charge in [0.25, 0.3) is 0 Å². The van der Waals surface area contributed by atoms with Gasteiger partial charge in [0.1, 0.15) is 0 Å². The summed E-state index contributed by atoms with van der Waals surface area (Å²) in [4.78, 5) is 2.88. The topological polar surface area (TPSA) is 3.24 Å². The molecular formula is C16H25N. The Morgan fingerprint density at radius 3 is 2.18 bits per heavy atom. The minimum Gasteiger partial charge on any atom is -0.293 e. The molecule has 0 amide bonds. The van der Waals surface area contributed by atoms with Crippen LogP contribution in [0.25, 0.3) is 0 Å². The Morgan fingerprint density at radius 1 is 1.06 bits per heavy atom. The van der Waals surface area contributed by atoms with Gasteiger partial charge in [-0.15, -0.1) is 0 Å². The highest BCUT2D eigenvalue weighted by Gasteiger charge is 2.53. The van der Waals surface area contributed by atoms with Crippen molar-refractivity contribution >= 4 is 0 Å². The summed E-state index contributed by atoms with van der Waals surface area (Å²) >= 11 is 0. The Labute approximate surface area is 105 Å². The van der Waals surface area contributed by atoms with Crippen LogP contribution in [0.4, 0.5) is 0 Å². The van der Waals surface area contributed by atoms with Gasteiger partial charge in [0, 0.05) is 18.6 Å². The van der Waals surface area contributed by atoms with E-state index in [0.29, 0.717) is 5.54 Å². The van der Waals surface area contributed by atoms with Gasteiger partial charge in [0.05, 0.1) is 0 Å². The lowest BCUT2D eigenvalue weighted by Gasteiger charge is -2.61. The van der Waals surface area contributed by atoms with Crippen LogP contribution < -0.4 is 0 Å². The maximum atomic E-state index is 2.88. The molecule has 0 aromatic rings. The van der Waals surface area contributed by atoms with E-state index in [4.69, 9.17) is 0 Å². The van der Waals surface area contributed by atoms with E-state index in [1.54, 1.807) is 24.8 Å². The van der Waals surface area contributed by atoms with Crippen molar-refractivity contribution in [2.45, 2.75) is 57.4 Å². The van der Waals surface area contributed by atoms with Crippen molar-refractivity contribution in [3.63, 3.8) is 0 Å². The first-order valence-corrected chi connectivity index (χ1v) is 7.64. The minimum atomic E-state index is 0.643. The average molecular weight is 231 g/mol. The molecule has 5 aliphatic rings. The molecule has 0 N–H and O–H groups in total. The van der Waals surface area contributed by atoms with Gasteiger partial charge in [0.2, 0.25) is 0 Å². The molecule has 4 fully saturated rings. The molecule has 5 rings (SSSR count). The van der Waals surface area contributed by atoms with Gasteiger partial charge in [-0.2, -0.15) is 0 Å². The first-order valence-electron chi connectivity index (χ1n) is 7.64. The smallest absolute Gasteiger partial charge is 0.0221 e. The zero-order valence-electron chi connectivity index (χ0n) is 11.1. The van der Waals surface area contributed by atoms with E-state index >= 15 is 0 Å². The predicted molar refractivity (Wildman–Crippen MR) is 70.9 cm³/mol. The quantitative estimate of drug-likeness (QED) is 0.623. The lowest BCUT2D eigenvalue weighted by atomic mass is 9.52. The van der Waals surface area contributed by atoms with Crippen molar-refractivity contribution in [1.82, 2.24) is 4.90 Å². The zero-order valence-corrected chi connectivity index (χ0v) is 11.1. The lowest BCUT2D eigenvalue weighted by Crippen LogP contribution is -2.60. The number of nitrogens with zero attached hydrogens (tertiary/aromatic N) is 1. The zero-order chi connectivity index (χ0) is 11.5. The summed E-state index contributed by atoms with van der Waals surface area (Å²) in [5.41, 5.74) is 2.26. The summed E-state index contributed by atoms with van der Waals surface area (Å²) in [5.74, 6) is 3.27. The Balaban J connectivity index is 1.62. The highest BCUT2D eigenvalue weighted by molar-refractivity contribution is 5.13. The second-order valence-electron chi connectivity index (χ2n) is 7.40. The van der Waals surface area contributed by atoms with E-state index in [1.165, 1.54) is 38.8 Å². The number of rotatable bonds is 1. The molecule has 1 aliphatic heterocycles. The Hall–Kier alpha value is -0.300. The number of hydrogen-bond acceptors (Lipinski definition) is 1. The molecule has 1 nitrogen and oxygen atoms in total. The lowest BCUT2D eigenvalue weighted by molar-refractivity contribution is -0.0864. The largest absolute Gasteiger partial charge is 0.293 e. The first-order chi connectivity index (χ1) is 8.23. The Kier molecular flexibility index (Phi) is 2.25. The maximum absolute atomic E-state index is 2.88. The minimum absolute atomic E-state index is 0.643. The molecule has 0 spiro atoms. The highest BCUT2D eigenvalue weighted by Crippen LogP contribution is 2.58. The molecule has 0 aromatic carbocycles. The van der Waals surface area contributed by atoms with Crippen molar-refractivity contribution < 1.29 is 0 Å². The maximum Gasteiger partial charge on any atom is 0.0221 e. The van der Waals surface area contributed by atoms with Gasteiger partial charge < -0.3 is 0 Å². The van der Waals surface area contributed by atoms with Gasteiger partial charge in [-0.1, -0.05) is 11.6 Å². The SMILES string of the molecule is CC1=CCCN(C23CC4CC(CC(C4)C2)C3)C1. The van der Waals surface area contributed by atoms with Crippen LogP contribution in [0.5, 0.6) is 0 Å². The third kappa shape index (κ3) is 1.62. The number of hydrogen-bond donors (Lipinski definition) is 0. The Bertz CT molecular complexity index is 319. The van der Waals surface area contributed by atoms with Crippen molar-refractivity contribution in [1.29, 1.82) is 0 Å². The van der Waals surface area contributed by atoms with Crippen LogP contribution in [0.2, 0.25) is 0 Å². The van der Waals surface area contributed by atoms with E-state index < -0.39 is 0 Å². The molecular weight excluding hydrogens is 206 g/mol. The summed E-state index contributed by atoms with van der Waals surface area (Å²) in [6.45, 7) is 4.93. The predicted octanol–water partition coefficient (Wildman–Crippen LogP) is 3.61. The van der Waals surface area contributed by atoms with Crippen LogP contribution in [-0.2, 0) is 0 Å². The molecule has 4 bridgehead atoms. The van der Waals surface area contributed by atoms with E-state index in [1.807, 2.05) is 0 Å². The molecule has 0 atom stereocenters. The fraction of sp³-hybridized carbons (Fsp3) is 0.875. The monoisotopic (exact) mass is 231 g/mol. The summed E-state index contributed by atoms with van der Waals surface area (Å²) in [7, 11) is 0. The molecule has 4 aliphatic carbocycles. The van der Waals surface area contributed by atoms with Crippen molar-refractivity contribution in [3.05, 3.63) is 11.6 Å². The fourth-order valence-corrected chi connectivity index (χ4v) is 5.77. The molecule has 94 valence electrons. The normalized spacial score (nSPS) is 49.5. The van der Waals surface area contributed by atoms with E-state index in [2.05, 4.69) is 17.9 Å². The van der Waals surface area contributed by atoms with Gasteiger partial charge in [-0.25, -0.2) is 0 Å². The van der Waals surface area contributed by atoms with Crippen LogP contribution in [0.1, 0.15) is 51.9 Å². The third-order valence-corrected chi connectivity index (χ3v) is 6.01. The molecule has 0 unspecified atom stereocenters. The van der Waals surface area contributed by atoms with Gasteiger partial charge >= 0.3 is 0 Å². The second-order valence-corrected chi connectivity index (χ2v) is 7.40. The van der Waals surface area contributed by atoms with E-state index in [9.17, 15) is 0 Å². The van der Waals surface area contributed by atoms with Crippen LogP contribution >= 0.6 is 0 Å². The van der Waals surface area contributed by atoms with E-state index in [-0.39, 0.29) is 0 Å². The molecule has 17 heavy (non-hydrogen) atoms. The molecule has 0 saturated heterocycles. The molecule has 1 heterocycles. The van der Waals surface area contributed by atoms with Crippen molar-refractivity contribution in [3.8, 4) is 0 Å². The van der Waals surface area contributed by atoms with Gasteiger partial charge in [-0.3, -0.25) is 4.90 Å². The summed E-state index contributed by atoms with van der Waals surface area (Å²) in [5, 5.41) is 0. The third-order valence-electron chi connectivity index (χ3n) is 6.01. The Morgan fingerprint density at radius 2 is 1.65 bits per heavy atom. The fourth-order valence-electron chi connectivity index (χ4n) is 5.77. The molecule has 0 aromatic heterocycles. The van der Waals surface area contributed by atoms with Crippen LogP contribution in [0, 0.1) is 17.8 Å². The summed E-state index contributed by atoms with van der Waals surface area (Å²) < 4.78 is 0. The first kappa shape index (κ1) is 10.6. The van der Waals surface area contributed by atoms with Crippen LogP contribution in [0.3, 0.4) is 0 Å². The van der Waals surface area contributed by atoms with Crippen LogP contribution in [0.15, 0.2) is 11.6 Å². The van der Waals surface area contributed by atoms with Crippen LogP contribution in [-0.4, -0.2) is 23.5 Å². The van der Waals surface area contributed by atoms with Crippen molar-refractivity contribution in [2.24, 2.45) is 17.8 Å². The van der Waals surface area contributed by atoms with Gasteiger partial charge in [0.15, 0.2) is 0 Å². The summed E-state index contributed by atoms with van der Waals surface area (Å²) in [6, 6.07) is 0.